The normalized spacial score (nSPS) is 11.3. The molecule has 1 heterocycles. The Morgan fingerprint density at radius 3 is 1.38 bits per heavy atom. The Kier molecular flexibility index (Phi) is 7.75. The summed E-state index contributed by atoms with van der Waals surface area (Å²) in [6.07, 6.45) is 0. The third-order valence-corrected chi connectivity index (χ3v) is 10.8. The number of hydrogen-bond donors (Lipinski definition) is 0. The Hall–Kier alpha value is -7.41. The van der Waals surface area contributed by atoms with Gasteiger partial charge >= 0.3 is 0 Å². The van der Waals surface area contributed by atoms with Crippen LogP contribution in [0.25, 0.3) is 99.0 Å². The lowest BCUT2D eigenvalue weighted by molar-refractivity contribution is 0.628. The number of aromatic nitrogens is 1. The van der Waals surface area contributed by atoms with Gasteiger partial charge in [-0.25, -0.2) is 9.37 Å². The fraction of sp³-hybridized carbons (Fsp3) is 0. The molecule has 0 aliphatic rings. The molecular weight excluding hydrogens is 672 g/mol. The van der Waals surface area contributed by atoms with Gasteiger partial charge in [0.05, 0.1) is 22.8 Å². The average molecular weight is 703 g/mol. The van der Waals surface area contributed by atoms with Crippen molar-refractivity contribution in [3.63, 3.8) is 0 Å². The fourth-order valence-corrected chi connectivity index (χ4v) is 8.09. The predicted octanol–water partition coefficient (Wildman–Crippen LogP) is 14.0. The van der Waals surface area contributed by atoms with Gasteiger partial charge in [-0.3, -0.25) is 0 Å². The molecule has 0 saturated carbocycles. The zero-order valence-corrected chi connectivity index (χ0v) is 29.7. The van der Waals surface area contributed by atoms with Crippen LogP contribution in [0.5, 0.6) is 0 Å². The van der Waals surface area contributed by atoms with E-state index in [0.717, 1.165) is 71.7 Å². The zero-order chi connectivity index (χ0) is 36.9. The molecule has 0 fully saturated rings. The summed E-state index contributed by atoms with van der Waals surface area (Å²) in [5, 5.41) is 17.2. The average Bonchev–Trinajstić information content (AvgIpc) is 3.26. The van der Waals surface area contributed by atoms with Crippen molar-refractivity contribution in [3.05, 3.63) is 199 Å². The number of fused-ring (bicyclic) bond motifs is 6. The molecule has 0 N–H and O–H groups in total. The number of benzene rings is 9. The molecule has 0 radical (unpaired) electrons. The van der Waals surface area contributed by atoms with Gasteiger partial charge in [-0.15, -0.1) is 0 Å². The monoisotopic (exact) mass is 702 g/mol. The molecule has 1 aromatic heterocycles. The molecule has 10 rings (SSSR count). The highest BCUT2D eigenvalue weighted by Gasteiger charge is 2.17. The van der Waals surface area contributed by atoms with Crippen LogP contribution in [-0.4, -0.2) is 4.98 Å². The van der Waals surface area contributed by atoms with E-state index in [2.05, 4.69) is 133 Å². The number of para-hydroxylation sites is 1. The summed E-state index contributed by atoms with van der Waals surface area (Å²) in [7, 11) is 0. The van der Waals surface area contributed by atoms with Crippen molar-refractivity contribution >= 4 is 43.2 Å². The summed E-state index contributed by atoms with van der Waals surface area (Å²) in [6, 6.07) is 66.3. The van der Waals surface area contributed by atoms with Gasteiger partial charge in [0.1, 0.15) is 5.82 Å². The van der Waals surface area contributed by atoms with E-state index in [-0.39, 0.29) is 5.82 Å². The largest absolute Gasteiger partial charge is 0.247 e. The summed E-state index contributed by atoms with van der Waals surface area (Å²) in [5.74, 6) is -0.266. The second kappa shape index (κ2) is 13.2. The molecule has 0 bridgehead atoms. The second-order valence-electron chi connectivity index (χ2n) is 13.9. The molecule has 0 unspecified atom stereocenters. The molecule has 0 aliphatic heterocycles. The van der Waals surface area contributed by atoms with Crippen molar-refractivity contribution in [2.24, 2.45) is 0 Å². The summed E-state index contributed by atoms with van der Waals surface area (Å²) in [6.45, 7) is 0. The highest BCUT2D eigenvalue weighted by Crippen LogP contribution is 2.43. The standard InChI is InChI=1S/C52H31FN2/c53-40-27-25-39(26-28-40)52-49-31-48(45-9-3-4-10-46(45)51(49)47-11-5-6-12-50(47)55-52)38-23-21-37(22-24-38)42-30-29-41(43-7-1-2-8-44(42)43)36-19-17-35(18-20-36)34-15-13-33(32-54)14-16-34/h1-31H. The summed E-state index contributed by atoms with van der Waals surface area (Å²) < 4.78 is 14.1. The molecule has 10 aromatic rings. The minimum Gasteiger partial charge on any atom is -0.247 e. The third kappa shape index (κ3) is 5.60. The van der Waals surface area contributed by atoms with Crippen molar-refractivity contribution < 1.29 is 4.39 Å². The number of nitriles is 1. The van der Waals surface area contributed by atoms with Crippen LogP contribution in [0.15, 0.2) is 188 Å². The number of nitrogens with zero attached hydrogens (tertiary/aromatic N) is 2. The Labute approximate surface area is 318 Å². The van der Waals surface area contributed by atoms with Crippen molar-refractivity contribution in [2.75, 3.05) is 0 Å². The van der Waals surface area contributed by atoms with Gasteiger partial charge in [0.25, 0.3) is 0 Å². The summed E-state index contributed by atoms with van der Waals surface area (Å²) >= 11 is 0. The zero-order valence-electron chi connectivity index (χ0n) is 29.7. The van der Waals surface area contributed by atoms with Gasteiger partial charge in [0, 0.05) is 21.7 Å². The van der Waals surface area contributed by atoms with Crippen molar-refractivity contribution in [2.45, 2.75) is 0 Å². The maximum Gasteiger partial charge on any atom is 0.123 e. The molecule has 0 spiro atoms. The molecule has 256 valence electrons. The Morgan fingerprint density at radius 2 is 0.818 bits per heavy atom. The lowest BCUT2D eigenvalue weighted by atomic mass is 9.88. The number of hydrogen-bond acceptors (Lipinski definition) is 2. The van der Waals surface area contributed by atoms with Gasteiger partial charge in [0.2, 0.25) is 0 Å². The molecule has 9 aromatic carbocycles. The maximum absolute atomic E-state index is 14.1. The molecule has 0 atom stereocenters. The molecule has 0 amide bonds. The van der Waals surface area contributed by atoms with Gasteiger partial charge in [-0.2, -0.15) is 5.26 Å². The number of pyridine rings is 1. The van der Waals surface area contributed by atoms with Gasteiger partial charge in [-0.1, -0.05) is 140 Å². The SMILES string of the molecule is N#Cc1ccc(-c2ccc(-c3ccc(-c4ccc(-c5cc6c(-c7ccc(F)cc7)nc7ccccc7c6c6ccccc56)cc4)c4ccccc34)cc2)cc1. The lowest BCUT2D eigenvalue weighted by Crippen LogP contribution is -1.93. The molecule has 0 aliphatic carbocycles. The van der Waals surface area contributed by atoms with E-state index in [1.165, 1.54) is 39.4 Å². The van der Waals surface area contributed by atoms with Crippen LogP contribution in [0.4, 0.5) is 4.39 Å². The first-order valence-electron chi connectivity index (χ1n) is 18.4. The Morgan fingerprint density at radius 1 is 0.382 bits per heavy atom. The van der Waals surface area contributed by atoms with E-state index in [0.29, 0.717) is 5.56 Å². The van der Waals surface area contributed by atoms with Gasteiger partial charge in [0.15, 0.2) is 0 Å². The Balaban J connectivity index is 1.07. The van der Waals surface area contributed by atoms with Crippen LogP contribution in [0, 0.1) is 17.1 Å². The van der Waals surface area contributed by atoms with E-state index in [1.807, 2.05) is 48.5 Å². The highest BCUT2D eigenvalue weighted by molar-refractivity contribution is 6.25. The van der Waals surface area contributed by atoms with E-state index in [4.69, 9.17) is 4.98 Å². The minimum absolute atomic E-state index is 0.266. The molecule has 0 saturated heterocycles. The van der Waals surface area contributed by atoms with Crippen LogP contribution in [0.3, 0.4) is 0 Å². The van der Waals surface area contributed by atoms with Gasteiger partial charge < -0.3 is 0 Å². The first-order valence-corrected chi connectivity index (χ1v) is 18.4. The molecule has 2 nitrogen and oxygen atoms in total. The molecule has 3 heteroatoms. The first kappa shape index (κ1) is 32.3. The van der Waals surface area contributed by atoms with E-state index < -0.39 is 0 Å². The molecule has 55 heavy (non-hydrogen) atoms. The predicted molar refractivity (Wildman–Crippen MR) is 226 cm³/mol. The second-order valence-corrected chi connectivity index (χ2v) is 13.9. The topological polar surface area (TPSA) is 36.7 Å². The lowest BCUT2D eigenvalue weighted by Gasteiger charge is -2.17. The van der Waals surface area contributed by atoms with Crippen LogP contribution < -0.4 is 0 Å². The maximum atomic E-state index is 14.1. The smallest absolute Gasteiger partial charge is 0.123 e. The van der Waals surface area contributed by atoms with E-state index in [1.54, 1.807) is 0 Å². The van der Waals surface area contributed by atoms with Crippen molar-refractivity contribution in [1.29, 1.82) is 5.26 Å². The number of halogens is 1. The van der Waals surface area contributed by atoms with Crippen molar-refractivity contribution in [3.8, 4) is 61.8 Å². The van der Waals surface area contributed by atoms with E-state index in [9.17, 15) is 9.65 Å². The summed E-state index contributed by atoms with van der Waals surface area (Å²) in [4.78, 5) is 5.15. The first-order chi connectivity index (χ1) is 27.1. The molecular formula is C52H31FN2. The highest BCUT2D eigenvalue weighted by atomic mass is 19.1. The van der Waals surface area contributed by atoms with Crippen LogP contribution in [0.1, 0.15) is 5.56 Å². The third-order valence-electron chi connectivity index (χ3n) is 10.8. The number of rotatable bonds is 5. The van der Waals surface area contributed by atoms with E-state index >= 15 is 0 Å². The fourth-order valence-electron chi connectivity index (χ4n) is 8.09. The summed E-state index contributed by atoms with van der Waals surface area (Å²) in [5.41, 5.74) is 12.4. The quantitative estimate of drug-likeness (QED) is 0.167. The minimum atomic E-state index is -0.266. The van der Waals surface area contributed by atoms with Crippen LogP contribution in [-0.2, 0) is 0 Å². The Bertz CT molecular complexity index is 3120. The van der Waals surface area contributed by atoms with Crippen LogP contribution >= 0.6 is 0 Å². The van der Waals surface area contributed by atoms with Gasteiger partial charge in [-0.05, 0) is 115 Å². The van der Waals surface area contributed by atoms with Crippen LogP contribution in [0.2, 0.25) is 0 Å². The van der Waals surface area contributed by atoms with Crippen molar-refractivity contribution in [1.82, 2.24) is 4.98 Å².